The lowest BCUT2D eigenvalue weighted by Crippen LogP contribution is -2.43. The van der Waals surface area contributed by atoms with Gasteiger partial charge in [-0.05, 0) is 68.3 Å². The molecule has 33 heavy (non-hydrogen) atoms. The van der Waals surface area contributed by atoms with Gasteiger partial charge in [-0.3, -0.25) is 4.79 Å². The summed E-state index contributed by atoms with van der Waals surface area (Å²) in [5.74, 6) is -1.15. The van der Waals surface area contributed by atoms with Crippen molar-refractivity contribution >= 4 is 21.4 Å². The number of amides is 1. The van der Waals surface area contributed by atoms with Gasteiger partial charge in [0, 0.05) is 5.69 Å². The number of anilines is 1. The Morgan fingerprint density at radius 2 is 1.42 bits per heavy atom. The van der Waals surface area contributed by atoms with Crippen molar-refractivity contribution in [1.29, 1.82) is 0 Å². The summed E-state index contributed by atoms with van der Waals surface area (Å²) >= 11 is 0. The van der Waals surface area contributed by atoms with Crippen molar-refractivity contribution in [2.75, 3.05) is 11.1 Å². The van der Waals surface area contributed by atoms with E-state index >= 15 is 0 Å². The van der Waals surface area contributed by atoms with Crippen molar-refractivity contribution in [1.82, 2.24) is 0 Å². The van der Waals surface area contributed by atoms with Gasteiger partial charge < -0.3 is 5.32 Å². The van der Waals surface area contributed by atoms with Crippen molar-refractivity contribution in [2.45, 2.75) is 37.3 Å². The number of halogens is 3. The van der Waals surface area contributed by atoms with Crippen LogP contribution in [0, 0.1) is 13.8 Å². The molecular weight excluding hydrogens is 451 g/mol. The maximum absolute atomic E-state index is 13.4. The molecule has 1 amide bonds. The van der Waals surface area contributed by atoms with Crippen LogP contribution < -0.4 is 5.32 Å². The molecule has 3 aromatic rings. The standard InChI is InChI=1S/C25H24F3NO3S/c1-17-7-9-19(10-8-17)24(3,16-33(31,32)22-6-4-5-18(2)15-22)23(30)29-21-13-11-20(12-14-21)25(26,27)28/h4-15H,16H2,1-3H3,(H,29,30). The second-order valence-electron chi connectivity index (χ2n) is 8.30. The third-order valence-electron chi connectivity index (χ3n) is 5.49. The highest BCUT2D eigenvalue weighted by molar-refractivity contribution is 7.91. The van der Waals surface area contributed by atoms with Gasteiger partial charge in [-0.25, -0.2) is 8.42 Å². The molecule has 0 bridgehead atoms. The fourth-order valence-corrected chi connectivity index (χ4v) is 5.36. The molecule has 0 heterocycles. The van der Waals surface area contributed by atoms with Crippen LogP contribution in [-0.2, 0) is 26.2 Å². The van der Waals surface area contributed by atoms with E-state index in [1.165, 1.54) is 13.0 Å². The Kier molecular flexibility index (Phi) is 6.70. The molecule has 0 aliphatic heterocycles. The molecule has 0 aromatic heterocycles. The minimum atomic E-state index is -4.50. The molecule has 0 aliphatic rings. The number of sulfone groups is 1. The summed E-state index contributed by atoms with van der Waals surface area (Å²) in [5, 5.41) is 2.59. The predicted molar refractivity (Wildman–Crippen MR) is 122 cm³/mol. The summed E-state index contributed by atoms with van der Waals surface area (Å²) in [7, 11) is -3.87. The second kappa shape index (κ2) is 9.02. The molecule has 3 aromatic carbocycles. The molecule has 0 aliphatic carbocycles. The van der Waals surface area contributed by atoms with Gasteiger partial charge in [0.05, 0.1) is 21.6 Å². The van der Waals surface area contributed by atoms with Crippen molar-refractivity contribution in [3.05, 3.63) is 95.1 Å². The van der Waals surface area contributed by atoms with Crippen molar-refractivity contribution < 1.29 is 26.4 Å². The Balaban J connectivity index is 1.98. The van der Waals surface area contributed by atoms with Crippen LogP contribution >= 0.6 is 0 Å². The number of hydrogen-bond acceptors (Lipinski definition) is 3. The summed E-state index contributed by atoms with van der Waals surface area (Å²) in [6.07, 6.45) is -4.50. The van der Waals surface area contributed by atoms with E-state index in [-0.39, 0.29) is 10.6 Å². The van der Waals surface area contributed by atoms with Gasteiger partial charge in [0.25, 0.3) is 0 Å². The van der Waals surface area contributed by atoms with Gasteiger partial charge in [-0.1, -0.05) is 42.0 Å². The van der Waals surface area contributed by atoms with Gasteiger partial charge >= 0.3 is 6.18 Å². The Bertz CT molecular complexity index is 1250. The van der Waals surface area contributed by atoms with Gasteiger partial charge in [-0.2, -0.15) is 13.2 Å². The summed E-state index contributed by atoms with van der Waals surface area (Å²) < 4.78 is 65.0. The summed E-state index contributed by atoms with van der Waals surface area (Å²) in [5.41, 5.74) is -0.0242. The van der Waals surface area contributed by atoms with E-state index in [4.69, 9.17) is 0 Å². The number of alkyl halides is 3. The van der Waals surface area contributed by atoms with E-state index in [1.807, 2.05) is 6.92 Å². The number of benzene rings is 3. The van der Waals surface area contributed by atoms with Gasteiger partial charge in [-0.15, -0.1) is 0 Å². The molecular formula is C25H24F3NO3S. The van der Waals surface area contributed by atoms with Crippen LogP contribution in [0.25, 0.3) is 0 Å². The lowest BCUT2D eigenvalue weighted by molar-refractivity contribution is -0.137. The molecule has 0 saturated heterocycles. The fraction of sp³-hybridized carbons (Fsp3) is 0.240. The lowest BCUT2D eigenvalue weighted by atomic mass is 9.83. The Labute approximate surface area is 191 Å². The van der Waals surface area contributed by atoms with Crippen molar-refractivity contribution in [3.63, 3.8) is 0 Å². The quantitative estimate of drug-likeness (QED) is 0.498. The normalized spacial score (nSPS) is 13.9. The third-order valence-corrected chi connectivity index (χ3v) is 7.42. The molecule has 0 spiro atoms. The van der Waals surface area contributed by atoms with E-state index in [9.17, 15) is 26.4 Å². The van der Waals surface area contributed by atoms with E-state index < -0.39 is 38.7 Å². The number of aryl methyl sites for hydroxylation is 2. The Morgan fingerprint density at radius 3 is 1.97 bits per heavy atom. The highest BCUT2D eigenvalue weighted by Gasteiger charge is 2.40. The van der Waals surface area contributed by atoms with Crippen LogP contribution in [0.15, 0.2) is 77.7 Å². The fourth-order valence-electron chi connectivity index (χ4n) is 3.49. The molecule has 3 rings (SSSR count). The van der Waals surface area contributed by atoms with Crippen molar-refractivity contribution in [2.24, 2.45) is 0 Å². The zero-order valence-electron chi connectivity index (χ0n) is 18.4. The third kappa shape index (κ3) is 5.63. The smallest absolute Gasteiger partial charge is 0.325 e. The summed E-state index contributed by atoms with van der Waals surface area (Å²) in [6, 6.07) is 17.4. The first kappa shape index (κ1) is 24.5. The minimum absolute atomic E-state index is 0.100. The van der Waals surface area contributed by atoms with Gasteiger partial charge in [0.2, 0.25) is 5.91 Å². The molecule has 0 saturated carbocycles. The Hall–Kier alpha value is -3.13. The number of hydrogen-bond donors (Lipinski definition) is 1. The monoisotopic (exact) mass is 475 g/mol. The topological polar surface area (TPSA) is 63.2 Å². The van der Waals surface area contributed by atoms with Crippen molar-refractivity contribution in [3.8, 4) is 0 Å². The average molecular weight is 476 g/mol. The van der Waals surface area contributed by atoms with E-state index in [0.717, 1.165) is 35.4 Å². The van der Waals surface area contributed by atoms with Gasteiger partial charge in [0.15, 0.2) is 9.84 Å². The first-order chi connectivity index (χ1) is 15.3. The predicted octanol–water partition coefficient (Wildman–Crippen LogP) is 5.69. The maximum atomic E-state index is 13.4. The number of carbonyl (C=O) groups is 1. The molecule has 4 nitrogen and oxygen atoms in total. The second-order valence-corrected chi connectivity index (χ2v) is 10.3. The number of carbonyl (C=O) groups excluding carboxylic acids is 1. The van der Waals surface area contributed by atoms with Gasteiger partial charge in [0.1, 0.15) is 0 Å². The molecule has 0 fully saturated rings. The molecule has 1 unspecified atom stereocenters. The van der Waals surface area contributed by atoms with E-state index in [1.54, 1.807) is 49.4 Å². The maximum Gasteiger partial charge on any atom is 0.416 e. The van der Waals surface area contributed by atoms with Crippen LogP contribution in [0.4, 0.5) is 18.9 Å². The first-order valence-electron chi connectivity index (χ1n) is 10.2. The largest absolute Gasteiger partial charge is 0.416 e. The average Bonchev–Trinajstić information content (AvgIpc) is 2.73. The lowest BCUT2D eigenvalue weighted by Gasteiger charge is -2.29. The SMILES string of the molecule is Cc1ccc(C(C)(CS(=O)(=O)c2cccc(C)c2)C(=O)Nc2ccc(C(F)(F)F)cc2)cc1. The highest BCUT2D eigenvalue weighted by atomic mass is 32.2. The molecule has 174 valence electrons. The zero-order chi connectivity index (χ0) is 24.4. The summed E-state index contributed by atoms with van der Waals surface area (Å²) in [6.45, 7) is 5.16. The van der Waals surface area contributed by atoms with E-state index in [2.05, 4.69) is 5.32 Å². The minimum Gasteiger partial charge on any atom is -0.325 e. The highest BCUT2D eigenvalue weighted by Crippen LogP contribution is 2.32. The molecule has 8 heteroatoms. The molecule has 0 radical (unpaired) electrons. The van der Waals surface area contributed by atoms with Crippen LogP contribution in [0.1, 0.15) is 29.2 Å². The first-order valence-corrected chi connectivity index (χ1v) is 11.8. The van der Waals surface area contributed by atoms with Crippen LogP contribution in [0.3, 0.4) is 0 Å². The molecule has 1 atom stereocenters. The van der Waals surface area contributed by atoms with E-state index in [0.29, 0.717) is 5.56 Å². The van der Waals surface area contributed by atoms with Crippen LogP contribution in [0.5, 0.6) is 0 Å². The Morgan fingerprint density at radius 1 is 0.848 bits per heavy atom. The molecule has 1 N–H and O–H groups in total. The summed E-state index contributed by atoms with van der Waals surface area (Å²) in [4.78, 5) is 13.5. The number of rotatable bonds is 6. The van der Waals surface area contributed by atoms with Crippen LogP contribution in [-0.4, -0.2) is 20.1 Å². The van der Waals surface area contributed by atoms with Crippen LogP contribution in [0.2, 0.25) is 0 Å². The zero-order valence-corrected chi connectivity index (χ0v) is 19.2. The number of nitrogens with one attached hydrogen (secondary N) is 1.